The lowest BCUT2D eigenvalue weighted by molar-refractivity contribution is 0.423. The van der Waals surface area contributed by atoms with Gasteiger partial charge in [0.05, 0.1) is 0 Å². The van der Waals surface area contributed by atoms with Crippen LogP contribution in [0.2, 0.25) is 0 Å². The summed E-state index contributed by atoms with van der Waals surface area (Å²) in [4.78, 5) is 11.6. The maximum atomic E-state index is 11.6. The zero-order chi connectivity index (χ0) is 13.2. The molecule has 0 fully saturated rings. The molecule has 0 saturated carbocycles. The number of fused-ring (bicyclic) bond motifs is 1. The van der Waals surface area contributed by atoms with E-state index < -0.39 is 5.63 Å². The normalized spacial score (nSPS) is 10.7. The van der Waals surface area contributed by atoms with Crippen LogP contribution < -0.4 is 5.63 Å². The Morgan fingerprint density at radius 2 is 1.63 bits per heavy atom. The first-order valence-corrected chi connectivity index (χ1v) is 6.03. The highest BCUT2D eigenvalue weighted by Gasteiger charge is 2.13. The lowest BCUT2D eigenvalue weighted by Crippen LogP contribution is -2.03. The molecule has 3 rings (SSSR count). The molecule has 0 saturated heterocycles. The van der Waals surface area contributed by atoms with Crippen molar-refractivity contribution in [3.8, 4) is 5.75 Å². The van der Waals surface area contributed by atoms with Crippen molar-refractivity contribution in [1.82, 2.24) is 0 Å². The highest BCUT2D eigenvalue weighted by atomic mass is 16.4. The number of aromatic hydroxyl groups is 1. The largest absolute Gasteiger partial charge is 0.502 e. The summed E-state index contributed by atoms with van der Waals surface area (Å²) in [6, 6.07) is 16.9. The Kier molecular flexibility index (Phi) is 2.80. The molecule has 0 amide bonds. The first-order chi connectivity index (χ1) is 9.25. The minimum absolute atomic E-state index is 0.303. The fourth-order valence-electron chi connectivity index (χ4n) is 2.18. The van der Waals surface area contributed by atoms with Crippen LogP contribution in [-0.2, 0) is 6.42 Å². The second-order valence-electron chi connectivity index (χ2n) is 4.38. The predicted molar refractivity (Wildman–Crippen MR) is 73.4 cm³/mol. The van der Waals surface area contributed by atoms with Gasteiger partial charge in [-0.25, -0.2) is 4.79 Å². The van der Waals surface area contributed by atoms with E-state index in [1.54, 1.807) is 12.1 Å². The van der Waals surface area contributed by atoms with Crippen molar-refractivity contribution in [2.24, 2.45) is 0 Å². The Labute approximate surface area is 109 Å². The first-order valence-electron chi connectivity index (χ1n) is 6.03. The van der Waals surface area contributed by atoms with Crippen LogP contribution in [0, 0.1) is 0 Å². The molecule has 2 aromatic carbocycles. The fourth-order valence-corrected chi connectivity index (χ4v) is 2.18. The smallest absolute Gasteiger partial charge is 0.379 e. The number of para-hydroxylation sites is 1. The molecule has 1 aromatic heterocycles. The molecule has 0 aliphatic rings. The summed E-state index contributed by atoms with van der Waals surface area (Å²) in [5.41, 5.74) is 1.45. The monoisotopic (exact) mass is 252 g/mol. The van der Waals surface area contributed by atoms with Crippen LogP contribution in [0.5, 0.6) is 5.75 Å². The van der Waals surface area contributed by atoms with Crippen LogP contribution in [0.4, 0.5) is 0 Å². The van der Waals surface area contributed by atoms with E-state index in [0.717, 1.165) is 10.9 Å². The molecule has 1 N–H and O–H groups in total. The molecule has 0 aliphatic carbocycles. The van der Waals surface area contributed by atoms with Crippen molar-refractivity contribution in [2.45, 2.75) is 6.42 Å². The summed E-state index contributed by atoms with van der Waals surface area (Å²) < 4.78 is 5.07. The van der Waals surface area contributed by atoms with Gasteiger partial charge in [0.15, 0.2) is 0 Å². The van der Waals surface area contributed by atoms with Crippen LogP contribution in [0.25, 0.3) is 11.0 Å². The van der Waals surface area contributed by atoms with Gasteiger partial charge in [0, 0.05) is 17.4 Å². The summed E-state index contributed by atoms with van der Waals surface area (Å²) in [6.07, 6.45) is 0.499. The molecule has 1 heterocycles. The molecule has 0 atom stereocenters. The van der Waals surface area contributed by atoms with Gasteiger partial charge in [-0.2, -0.15) is 0 Å². The van der Waals surface area contributed by atoms with Crippen molar-refractivity contribution in [3.63, 3.8) is 0 Å². The summed E-state index contributed by atoms with van der Waals surface area (Å²) in [7, 11) is 0. The third-order valence-corrected chi connectivity index (χ3v) is 3.12. The lowest BCUT2D eigenvalue weighted by atomic mass is 10.0. The molecular weight excluding hydrogens is 240 g/mol. The molecule has 3 heteroatoms. The van der Waals surface area contributed by atoms with Gasteiger partial charge >= 0.3 is 5.63 Å². The number of hydrogen-bond acceptors (Lipinski definition) is 3. The fraction of sp³-hybridized carbons (Fsp3) is 0.0625. The van der Waals surface area contributed by atoms with Crippen molar-refractivity contribution >= 4 is 11.0 Å². The Morgan fingerprint density at radius 3 is 2.42 bits per heavy atom. The van der Waals surface area contributed by atoms with Crippen LogP contribution >= 0.6 is 0 Å². The zero-order valence-corrected chi connectivity index (χ0v) is 10.2. The maximum absolute atomic E-state index is 11.6. The van der Waals surface area contributed by atoms with Gasteiger partial charge in [-0.15, -0.1) is 0 Å². The molecule has 0 unspecified atom stereocenters. The van der Waals surface area contributed by atoms with Gasteiger partial charge in [-0.3, -0.25) is 0 Å². The van der Waals surface area contributed by atoms with Gasteiger partial charge in [0.2, 0.25) is 5.75 Å². The van der Waals surface area contributed by atoms with Gasteiger partial charge in [-0.05, 0) is 11.6 Å². The minimum Gasteiger partial charge on any atom is -0.502 e. The van der Waals surface area contributed by atoms with Gasteiger partial charge in [-0.1, -0.05) is 48.5 Å². The van der Waals surface area contributed by atoms with Gasteiger partial charge in [0.1, 0.15) is 5.58 Å². The van der Waals surface area contributed by atoms with Gasteiger partial charge < -0.3 is 9.52 Å². The Morgan fingerprint density at radius 1 is 0.947 bits per heavy atom. The Balaban J connectivity index is 2.22. The summed E-state index contributed by atoms with van der Waals surface area (Å²) >= 11 is 0. The molecule has 0 radical (unpaired) electrons. The number of hydrogen-bond donors (Lipinski definition) is 1. The van der Waals surface area contributed by atoms with Crippen LogP contribution in [-0.4, -0.2) is 5.11 Å². The third-order valence-electron chi connectivity index (χ3n) is 3.12. The van der Waals surface area contributed by atoms with E-state index in [9.17, 15) is 9.90 Å². The topological polar surface area (TPSA) is 50.4 Å². The van der Waals surface area contributed by atoms with E-state index in [-0.39, 0.29) is 5.75 Å². The van der Waals surface area contributed by atoms with Crippen molar-refractivity contribution in [1.29, 1.82) is 0 Å². The van der Waals surface area contributed by atoms with Crippen LogP contribution in [0.1, 0.15) is 11.1 Å². The third kappa shape index (κ3) is 2.10. The highest BCUT2D eigenvalue weighted by Crippen LogP contribution is 2.26. The average molecular weight is 252 g/mol. The lowest BCUT2D eigenvalue weighted by Gasteiger charge is -2.07. The molecule has 19 heavy (non-hydrogen) atoms. The van der Waals surface area contributed by atoms with E-state index in [0.29, 0.717) is 17.6 Å². The minimum atomic E-state index is -0.690. The standard InChI is InChI=1S/C16H12O3/c17-15-13(10-11-6-2-1-3-7-11)12-8-4-5-9-14(12)19-16(15)18/h1-9,17H,10H2. The van der Waals surface area contributed by atoms with E-state index in [1.807, 2.05) is 42.5 Å². The quantitative estimate of drug-likeness (QED) is 0.713. The SMILES string of the molecule is O=c1oc2ccccc2c(Cc2ccccc2)c1O. The second kappa shape index (κ2) is 4.61. The zero-order valence-electron chi connectivity index (χ0n) is 10.2. The molecule has 3 nitrogen and oxygen atoms in total. The molecule has 0 bridgehead atoms. The van der Waals surface area contributed by atoms with E-state index in [2.05, 4.69) is 0 Å². The molecule has 94 valence electrons. The van der Waals surface area contributed by atoms with Crippen molar-refractivity contribution < 1.29 is 9.52 Å². The van der Waals surface area contributed by atoms with Gasteiger partial charge in [0.25, 0.3) is 0 Å². The van der Waals surface area contributed by atoms with Crippen molar-refractivity contribution in [3.05, 3.63) is 76.1 Å². The molecule has 0 aliphatic heterocycles. The highest BCUT2D eigenvalue weighted by molar-refractivity contribution is 5.82. The maximum Gasteiger partial charge on any atom is 0.379 e. The Bertz CT molecular complexity index is 773. The molecule has 0 spiro atoms. The Hall–Kier alpha value is -2.55. The van der Waals surface area contributed by atoms with E-state index >= 15 is 0 Å². The molecular formula is C16H12O3. The number of benzene rings is 2. The van der Waals surface area contributed by atoms with Crippen molar-refractivity contribution in [2.75, 3.05) is 0 Å². The van der Waals surface area contributed by atoms with E-state index in [4.69, 9.17) is 4.42 Å². The predicted octanol–water partition coefficient (Wildman–Crippen LogP) is 3.09. The van der Waals surface area contributed by atoms with Crippen LogP contribution in [0.3, 0.4) is 0 Å². The summed E-state index contributed by atoms with van der Waals surface area (Å²) in [6.45, 7) is 0. The molecule has 3 aromatic rings. The summed E-state index contributed by atoms with van der Waals surface area (Å²) in [5.74, 6) is -0.303. The average Bonchev–Trinajstić information content (AvgIpc) is 2.45. The van der Waals surface area contributed by atoms with Crippen LogP contribution in [0.15, 0.2) is 63.8 Å². The summed E-state index contributed by atoms with van der Waals surface area (Å²) in [5, 5.41) is 10.7. The first kappa shape index (κ1) is 11.5. The number of rotatable bonds is 2. The second-order valence-corrected chi connectivity index (χ2v) is 4.38. The van der Waals surface area contributed by atoms with E-state index in [1.165, 1.54) is 0 Å².